The van der Waals surface area contributed by atoms with Crippen LogP contribution in [-0.2, 0) is 0 Å². The van der Waals surface area contributed by atoms with Gasteiger partial charge in [0.05, 0.1) is 5.52 Å². The molecule has 3 heteroatoms. The largest absolute Gasteiger partial charge is 0.289 e. The van der Waals surface area contributed by atoms with Crippen molar-refractivity contribution in [2.45, 2.75) is 6.92 Å². The van der Waals surface area contributed by atoms with Crippen molar-refractivity contribution in [1.29, 1.82) is 0 Å². The summed E-state index contributed by atoms with van der Waals surface area (Å²) >= 11 is 1.60. The summed E-state index contributed by atoms with van der Waals surface area (Å²) in [4.78, 5) is 17.9. The van der Waals surface area contributed by atoms with E-state index in [1.165, 1.54) is 0 Å². The number of carbonyl (C=O) groups is 1. The first kappa shape index (κ1) is 11.1. The van der Waals surface area contributed by atoms with Gasteiger partial charge in [-0.15, -0.1) is 11.3 Å². The van der Waals surface area contributed by atoms with Gasteiger partial charge in [0.1, 0.15) is 0 Å². The second-order valence-corrected chi connectivity index (χ2v) is 5.27. The van der Waals surface area contributed by atoms with Gasteiger partial charge in [0, 0.05) is 33.0 Å². The Morgan fingerprint density at radius 1 is 1.22 bits per heavy atom. The van der Waals surface area contributed by atoms with E-state index in [1.54, 1.807) is 23.6 Å². The summed E-state index contributed by atoms with van der Waals surface area (Å²) in [6.45, 7) is 2.01. The Morgan fingerprint density at radius 2 is 2.06 bits per heavy atom. The van der Waals surface area contributed by atoms with Gasteiger partial charge in [-0.05, 0) is 25.1 Å². The van der Waals surface area contributed by atoms with E-state index in [4.69, 9.17) is 0 Å². The van der Waals surface area contributed by atoms with Gasteiger partial charge < -0.3 is 0 Å². The number of rotatable bonds is 2. The maximum Gasteiger partial charge on any atom is 0.194 e. The lowest BCUT2D eigenvalue weighted by Gasteiger charge is -2.03. The molecule has 0 spiro atoms. The lowest BCUT2D eigenvalue weighted by molar-refractivity contribution is 0.104. The first-order valence-corrected chi connectivity index (χ1v) is 6.57. The average molecular weight is 253 g/mol. The molecule has 88 valence electrons. The highest BCUT2D eigenvalue weighted by Gasteiger charge is 2.13. The van der Waals surface area contributed by atoms with Crippen LogP contribution >= 0.6 is 11.3 Å². The number of nitrogens with zero attached hydrogens (tertiary/aromatic N) is 1. The van der Waals surface area contributed by atoms with Crippen molar-refractivity contribution in [3.8, 4) is 0 Å². The van der Waals surface area contributed by atoms with Gasteiger partial charge in [0.15, 0.2) is 5.78 Å². The van der Waals surface area contributed by atoms with Crippen molar-refractivity contribution < 1.29 is 4.79 Å². The van der Waals surface area contributed by atoms with Crippen LogP contribution in [0.3, 0.4) is 0 Å². The molecule has 2 heterocycles. The maximum absolute atomic E-state index is 12.5. The van der Waals surface area contributed by atoms with E-state index in [0.29, 0.717) is 0 Å². The molecule has 0 bridgehead atoms. The van der Waals surface area contributed by atoms with Crippen molar-refractivity contribution >= 4 is 28.0 Å². The molecule has 18 heavy (non-hydrogen) atoms. The minimum Gasteiger partial charge on any atom is -0.289 e. The first-order chi connectivity index (χ1) is 8.75. The minimum absolute atomic E-state index is 0.0675. The van der Waals surface area contributed by atoms with Crippen LogP contribution < -0.4 is 0 Å². The third-order valence-electron chi connectivity index (χ3n) is 2.89. The topological polar surface area (TPSA) is 30.0 Å². The number of benzene rings is 1. The number of aromatic nitrogens is 1. The zero-order chi connectivity index (χ0) is 12.5. The van der Waals surface area contributed by atoms with E-state index >= 15 is 0 Å². The molecule has 0 aliphatic carbocycles. The van der Waals surface area contributed by atoms with Gasteiger partial charge >= 0.3 is 0 Å². The molecule has 1 aromatic carbocycles. The van der Waals surface area contributed by atoms with Crippen molar-refractivity contribution in [2.75, 3.05) is 0 Å². The monoisotopic (exact) mass is 253 g/mol. The van der Waals surface area contributed by atoms with Crippen LogP contribution in [0.5, 0.6) is 0 Å². The zero-order valence-corrected chi connectivity index (χ0v) is 10.7. The molecule has 2 nitrogen and oxygen atoms in total. The Morgan fingerprint density at radius 3 is 2.83 bits per heavy atom. The number of pyridine rings is 1. The lowest BCUT2D eigenvalue weighted by Crippen LogP contribution is -2.01. The summed E-state index contributed by atoms with van der Waals surface area (Å²) in [5.41, 5.74) is 2.34. The molecule has 3 rings (SSSR count). The van der Waals surface area contributed by atoms with Crippen LogP contribution in [0.25, 0.3) is 10.9 Å². The normalized spacial score (nSPS) is 10.7. The fourth-order valence-corrected chi connectivity index (χ4v) is 2.69. The van der Waals surface area contributed by atoms with E-state index in [9.17, 15) is 4.79 Å². The third kappa shape index (κ3) is 1.83. The minimum atomic E-state index is 0.0675. The number of para-hydroxylation sites is 1. The Hall–Kier alpha value is -2.00. The molecule has 0 saturated heterocycles. The summed E-state index contributed by atoms with van der Waals surface area (Å²) in [6.07, 6.45) is 1.69. The van der Waals surface area contributed by atoms with E-state index < -0.39 is 0 Å². The number of hydrogen-bond donors (Lipinski definition) is 0. The molecule has 0 N–H and O–H groups in total. The predicted octanol–water partition coefficient (Wildman–Crippen LogP) is 3.84. The van der Waals surface area contributed by atoms with Crippen molar-refractivity contribution in [2.24, 2.45) is 0 Å². The quantitative estimate of drug-likeness (QED) is 0.649. The molecule has 0 atom stereocenters. The molecular weight excluding hydrogens is 242 g/mol. The van der Waals surface area contributed by atoms with Crippen LogP contribution in [0.2, 0.25) is 0 Å². The van der Waals surface area contributed by atoms with Gasteiger partial charge in [-0.3, -0.25) is 9.78 Å². The molecule has 3 aromatic rings. The van der Waals surface area contributed by atoms with Gasteiger partial charge in [0.25, 0.3) is 0 Å². The Labute approximate surface area is 109 Å². The number of fused-ring (bicyclic) bond motifs is 1. The second-order valence-electron chi connectivity index (χ2n) is 4.15. The molecule has 0 aliphatic heterocycles. The molecular formula is C15H11NOS. The zero-order valence-electron chi connectivity index (χ0n) is 9.88. The number of aryl methyl sites for hydroxylation is 1. The fraction of sp³-hybridized carbons (Fsp3) is 0.0667. The second kappa shape index (κ2) is 4.35. The Kier molecular flexibility index (Phi) is 2.68. The average Bonchev–Trinajstić information content (AvgIpc) is 2.84. The van der Waals surface area contributed by atoms with Crippen molar-refractivity contribution in [3.05, 3.63) is 64.0 Å². The van der Waals surface area contributed by atoms with Gasteiger partial charge in [0.2, 0.25) is 0 Å². The summed E-state index contributed by atoms with van der Waals surface area (Å²) in [7, 11) is 0. The summed E-state index contributed by atoms with van der Waals surface area (Å²) in [6, 6.07) is 11.4. The Bertz CT molecular complexity index is 725. The highest BCUT2D eigenvalue weighted by Crippen LogP contribution is 2.22. The number of carbonyl (C=O) groups excluding carboxylic acids is 1. The van der Waals surface area contributed by atoms with Crippen LogP contribution in [-0.4, -0.2) is 10.8 Å². The van der Waals surface area contributed by atoms with E-state index in [-0.39, 0.29) is 5.78 Å². The number of thiophene rings is 1. The van der Waals surface area contributed by atoms with Crippen LogP contribution in [0.1, 0.15) is 20.8 Å². The lowest BCUT2D eigenvalue weighted by atomic mass is 10.0. The third-order valence-corrected chi connectivity index (χ3v) is 3.75. The molecule has 2 aromatic heterocycles. The first-order valence-electron chi connectivity index (χ1n) is 5.69. The van der Waals surface area contributed by atoms with Gasteiger partial charge in [-0.25, -0.2) is 0 Å². The van der Waals surface area contributed by atoms with Crippen LogP contribution in [0.15, 0.2) is 48.0 Å². The SMILES string of the molecule is Cc1cc(C(=O)c2ccnc3ccccc23)cs1. The van der Waals surface area contributed by atoms with Crippen LogP contribution in [0, 0.1) is 6.92 Å². The molecule has 0 saturated carbocycles. The van der Waals surface area contributed by atoms with Gasteiger partial charge in [-0.2, -0.15) is 0 Å². The molecule has 0 amide bonds. The van der Waals surface area contributed by atoms with E-state index in [1.807, 2.05) is 42.6 Å². The molecule has 0 unspecified atom stereocenters. The summed E-state index contributed by atoms with van der Waals surface area (Å²) in [5, 5.41) is 2.82. The summed E-state index contributed by atoms with van der Waals surface area (Å²) in [5.74, 6) is 0.0675. The predicted molar refractivity (Wildman–Crippen MR) is 74.2 cm³/mol. The van der Waals surface area contributed by atoms with E-state index in [0.717, 1.165) is 26.9 Å². The fourth-order valence-electron chi connectivity index (χ4n) is 2.01. The van der Waals surface area contributed by atoms with Crippen molar-refractivity contribution in [3.63, 3.8) is 0 Å². The molecule has 0 fully saturated rings. The van der Waals surface area contributed by atoms with E-state index in [2.05, 4.69) is 4.98 Å². The highest BCUT2D eigenvalue weighted by atomic mass is 32.1. The smallest absolute Gasteiger partial charge is 0.194 e. The standard InChI is InChI=1S/C15H11NOS/c1-10-8-11(9-18-10)15(17)13-6-7-16-14-5-3-2-4-12(13)14/h2-9H,1H3. The van der Waals surface area contributed by atoms with Crippen molar-refractivity contribution in [1.82, 2.24) is 4.98 Å². The van der Waals surface area contributed by atoms with Crippen LogP contribution in [0.4, 0.5) is 0 Å². The number of hydrogen-bond acceptors (Lipinski definition) is 3. The molecule has 0 aliphatic rings. The highest BCUT2D eigenvalue weighted by molar-refractivity contribution is 7.10. The molecule has 0 radical (unpaired) electrons. The number of ketones is 1. The van der Waals surface area contributed by atoms with Gasteiger partial charge in [-0.1, -0.05) is 18.2 Å². The summed E-state index contributed by atoms with van der Waals surface area (Å²) < 4.78 is 0. The maximum atomic E-state index is 12.5. The Balaban J connectivity index is 2.17.